The summed E-state index contributed by atoms with van der Waals surface area (Å²) in [5.41, 5.74) is 23.0. The molecule has 0 fully saturated rings. The highest BCUT2D eigenvalue weighted by atomic mass is 19.4. The number of hydrogen-bond acceptors (Lipinski definition) is 11. The van der Waals surface area contributed by atoms with E-state index in [1.165, 1.54) is 57.8 Å². The molecule has 2 atom stereocenters. The van der Waals surface area contributed by atoms with E-state index in [0.717, 1.165) is 38.5 Å². The Morgan fingerprint density at radius 2 is 0.700 bits per heavy atom. The van der Waals surface area contributed by atoms with Crippen LogP contribution >= 0.6 is 0 Å². The van der Waals surface area contributed by atoms with Crippen LogP contribution in [0.15, 0.2) is 0 Å². The molecule has 0 aromatic carbocycles. The van der Waals surface area contributed by atoms with E-state index in [4.69, 9.17) is 62.5 Å². The van der Waals surface area contributed by atoms with Gasteiger partial charge in [-0.3, -0.25) is 14.4 Å². The third-order valence-corrected chi connectivity index (χ3v) is 8.74. The first-order chi connectivity index (χ1) is 32.1. The minimum atomic E-state index is -5.08. The first-order valence-corrected chi connectivity index (χ1v) is 22.1. The van der Waals surface area contributed by atoms with E-state index in [9.17, 15) is 67.1 Å². The molecule has 3 amide bonds. The predicted molar refractivity (Wildman–Crippen MR) is 229 cm³/mol. The number of unbranched alkanes of at least 4 members (excludes halogenated alkanes) is 12. The smallest absolute Gasteiger partial charge is 0.475 e. The number of amides is 3. The average Bonchev–Trinajstić information content (AvgIpc) is 3.24. The van der Waals surface area contributed by atoms with E-state index in [1.807, 2.05) is 4.90 Å². The normalized spacial score (nSPS) is 12.1. The van der Waals surface area contributed by atoms with Crippen LogP contribution in [0.3, 0.4) is 0 Å². The zero-order valence-corrected chi connectivity index (χ0v) is 39.0. The molecule has 14 N–H and O–H groups in total. The molecule has 0 aliphatic carbocycles. The lowest BCUT2D eigenvalue weighted by atomic mass is 10.1. The highest BCUT2D eigenvalue weighted by Gasteiger charge is 2.40. The molecule has 0 spiro atoms. The van der Waals surface area contributed by atoms with Gasteiger partial charge in [0.25, 0.3) is 0 Å². The van der Waals surface area contributed by atoms with Crippen molar-refractivity contribution in [3.8, 4) is 0 Å². The molecule has 0 aromatic rings. The standard InChI is InChI=1S/C32H67N7O3.4C2HF3O2/c1-2-3-4-5-6-7-8-9-10-11-12-21-30(40)39(26-17-24-37-31(41)28(35)19-13-15-22-33)27-18-25-38-32(42)29(36)20-14-16-23-34;4*3-2(4,5)1(6)7/h28-29H,2-27,33-36H2,1H3,(H,37,41)(H,38,42);4*(H,6,7)/t28-,29-;;;;/m1..../s1. The van der Waals surface area contributed by atoms with E-state index in [1.54, 1.807) is 0 Å². The molecule has 0 rings (SSSR count). The molecule has 416 valence electrons. The minimum Gasteiger partial charge on any atom is -0.475 e. The Bertz CT molecular complexity index is 1290. The Morgan fingerprint density at radius 1 is 0.443 bits per heavy atom. The van der Waals surface area contributed by atoms with Gasteiger partial charge in [0.1, 0.15) is 0 Å². The number of alkyl halides is 12. The highest BCUT2D eigenvalue weighted by Crippen LogP contribution is 2.16. The summed E-state index contributed by atoms with van der Waals surface area (Å²) in [6.07, 6.45) is -0.156. The van der Waals surface area contributed by atoms with E-state index < -0.39 is 60.7 Å². The van der Waals surface area contributed by atoms with Gasteiger partial charge >= 0.3 is 48.6 Å². The molecule has 0 saturated carbocycles. The Kier molecular flexibility index (Phi) is 45.7. The maximum absolute atomic E-state index is 13.1. The van der Waals surface area contributed by atoms with Gasteiger partial charge in [-0.05, 0) is 58.0 Å². The molecule has 18 nitrogen and oxygen atoms in total. The number of nitrogens with zero attached hydrogens (tertiary/aromatic N) is 1. The summed E-state index contributed by atoms with van der Waals surface area (Å²) in [5, 5.41) is 34.3. The lowest BCUT2D eigenvalue weighted by molar-refractivity contribution is -0.193. The summed E-state index contributed by atoms with van der Waals surface area (Å²) in [6.45, 7) is 5.52. The van der Waals surface area contributed by atoms with Gasteiger partial charge in [0, 0.05) is 32.6 Å². The SMILES string of the molecule is CCCCCCCCCCCCCC(=O)N(CCCNC(=O)[C@H](N)CCCCN)CCCNC(=O)[C@H](N)CCCCN.O=C(O)C(F)(F)F.O=C(O)C(F)(F)F.O=C(O)C(F)(F)F.O=C(O)C(F)(F)F. The average molecular weight is 1050 g/mol. The molecule has 30 heteroatoms. The second kappa shape index (κ2) is 43.1. The summed E-state index contributed by atoms with van der Waals surface area (Å²) in [7, 11) is 0. The lowest BCUT2D eigenvalue weighted by Gasteiger charge is -2.23. The van der Waals surface area contributed by atoms with Gasteiger partial charge in [-0.25, -0.2) is 19.2 Å². The van der Waals surface area contributed by atoms with Crippen LogP contribution in [0.4, 0.5) is 52.7 Å². The lowest BCUT2D eigenvalue weighted by Crippen LogP contribution is -2.43. The maximum Gasteiger partial charge on any atom is 0.490 e. The van der Waals surface area contributed by atoms with E-state index in [0.29, 0.717) is 71.4 Å². The van der Waals surface area contributed by atoms with Crippen molar-refractivity contribution in [2.75, 3.05) is 39.3 Å². The fraction of sp³-hybridized carbons (Fsp3) is 0.825. The second-order valence-corrected chi connectivity index (χ2v) is 14.9. The number of aliphatic carboxylic acids is 4. The predicted octanol–water partition coefficient (Wildman–Crippen LogP) is 5.97. The summed E-state index contributed by atoms with van der Waals surface area (Å²) >= 11 is 0. The van der Waals surface area contributed by atoms with Crippen LogP contribution in [-0.2, 0) is 33.6 Å². The van der Waals surface area contributed by atoms with Crippen LogP contribution in [0.5, 0.6) is 0 Å². The first kappa shape index (κ1) is 74.2. The molecular weight excluding hydrogens is 982 g/mol. The quantitative estimate of drug-likeness (QED) is 0.0292. The van der Waals surface area contributed by atoms with Crippen molar-refractivity contribution in [1.29, 1.82) is 0 Å². The van der Waals surface area contributed by atoms with Gasteiger partial charge in [0.15, 0.2) is 0 Å². The Hall–Kier alpha value is -4.71. The zero-order valence-electron chi connectivity index (χ0n) is 39.0. The van der Waals surface area contributed by atoms with Gasteiger partial charge in [0.05, 0.1) is 12.1 Å². The van der Waals surface area contributed by atoms with Crippen molar-refractivity contribution in [3.63, 3.8) is 0 Å². The molecule has 0 saturated heterocycles. The van der Waals surface area contributed by atoms with Crippen LogP contribution in [-0.4, -0.2) is 143 Å². The van der Waals surface area contributed by atoms with Crippen LogP contribution in [0, 0.1) is 0 Å². The maximum atomic E-state index is 13.1. The largest absolute Gasteiger partial charge is 0.490 e. The van der Waals surface area contributed by atoms with Crippen molar-refractivity contribution < 1.29 is 107 Å². The van der Waals surface area contributed by atoms with Gasteiger partial charge in [-0.1, -0.05) is 84.0 Å². The number of carboxylic acid groups (broad SMARTS) is 4. The number of carbonyl (C=O) groups excluding carboxylic acids is 3. The number of hydrogen-bond donors (Lipinski definition) is 10. The van der Waals surface area contributed by atoms with Crippen molar-refractivity contribution in [2.45, 2.75) is 172 Å². The molecule has 0 radical (unpaired) electrons. The molecule has 70 heavy (non-hydrogen) atoms. The molecule has 0 unspecified atom stereocenters. The van der Waals surface area contributed by atoms with Crippen molar-refractivity contribution >= 4 is 41.6 Å². The molecule has 0 heterocycles. The van der Waals surface area contributed by atoms with Crippen LogP contribution in [0.2, 0.25) is 0 Å². The van der Waals surface area contributed by atoms with E-state index in [-0.39, 0.29) is 17.7 Å². The number of halogens is 12. The fourth-order valence-electron chi connectivity index (χ4n) is 4.96. The Balaban J connectivity index is -0.000000400. The summed E-state index contributed by atoms with van der Waals surface area (Å²) in [5.74, 6) is -11.2. The minimum absolute atomic E-state index is 0.139. The third kappa shape index (κ3) is 52.7. The van der Waals surface area contributed by atoms with Gasteiger partial charge < -0.3 is 58.9 Å². The van der Waals surface area contributed by atoms with Crippen LogP contribution in [0.1, 0.15) is 135 Å². The molecule has 0 aromatic heterocycles. The Labute approximate surface area is 398 Å². The van der Waals surface area contributed by atoms with Gasteiger partial charge in [-0.15, -0.1) is 0 Å². The summed E-state index contributed by atoms with van der Waals surface area (Å²) < 4.78 is 127. The van der Waals surface area contributed by atoms with Crippen LogP contribution in [0.25, 0.3) is 0 Å². The van der Waals surface area contributed by atoms with Crippen molar-refractivity contribution in [1.82, 2.24) is 15.5 Å². The van der Waals surface area contributed by atoms with Crippen molar-refractivity contribution in [3.05, 3.63) is 0 Å². The zero-order chi connectivity index (χ0) is 55.6. The second-order valence-electron chi connectivity index (χ2n) is 14.9. The topological polar surface area (TPSA) is 332 Å². The number of nitrogens with one attached hydrogen (secondary N) is 2. The highest BCUT2D eigenvalue weighted by molar-refractivity contribution is 5.82. The molecular formula is C40H71F12N7O11. The van der Waals surface area contributed by atoms with Crippen LogP contribution < -0.4 is 33.6 Å². The Morgan fingerprint density at radius 3 is 0.943 bits per heavy atom. The molecule has 0 aliphatic heterocycles. The fourth-order valence-corrected chi connectivity index (χ4v) is 4.96. The number of carboxylic acids is 4. The van der Waals surface area contributed by atoms with Crippen molar-refractivity contribution in [2.24, 2.45) is 22.9 Å². The first-order valence-electron chi connectivity index (χ1n) is 22.1. The summed E-state index contributed by atoms with van der Waals surface area (Å²) in [4.78, 5) is 75.0. The summed E-state index contributed by atoms with van der Waals surface area (Å²) in [6, 6.07) is -1.05. The molecule has 0 aliphatic rings. The number of carbonyl (C=O) groups is 7. The van der Waals surface area contributed by atoms with Gasteiger partial charge in [-0.2, -0.15) is 52.7 Å². The third-order valence-electron chi connectivity index (χ3n) is 8.74. The number of rotatable bonds is 30. The van der Waals surface area contributed by atoms with Gasteiger partial charge in [0.2, 0.25) is 17.7 Å². The monoisotopic (exact) mass is 1050 g/mol. The van der Waals surface area contributed by atoms with E-state index >= 15 is 0 Å². The number of nitrogens with two attached hydrogens (primary N) is 4. The van der Waals surface area contributed by atoms with E-state index in [2.05, 4.69) is 17.6 Å². The molecule has 0 bridgehead atoms.